The van der Waals surface area contributed by atoms with Crippen LogP contribution in [0, 0.1) is 5.92 Å². The molecule has 2 heterocycles. The molecule has 1 fully saturated rings. The van der Waals surface area contributed by atoms with Crippen LogP contribution in [-0.2, 0) is 9.59 Å². The lowest BCUT2D eigenvalue weighted by Gasteiger charge is -2.25. The first kappa shape index (κ1) is 16.2. The van der Waals surface area contributed by atoms with Crippen LogP contribution in [0.1, 0.15) is 0 Å². The number of nitrogens with one attached hydrogen (secondary N) is 3. The number of fused-ring (bicyclic) bond motifs is 1. The van der Waals surface area contributed by atoms with Crippen LogP contribution in [0.4, 0.5) is 5.69 Å². The highest BCUT2D eigenvalue weighted by atomic mass is 35.5. The third-order valence-electron chi connectivity index (χ3n) is 3.48. The van der Waals surface area contributed by atoms with Gasteiger partial charge in [0.2, 0.25) is 11.8 Å². The van der Waals surface area contributed by atoms with Crippen molar-refractivity contribution in [3.8, 4) is 0 Å². The van der Waals surface area contributed by atoms with Crippen LogP contribution in [0.5, 0.6) is 0 Å². The molecular weight excluding hydrogens is 304 g/mol. The van der Waals surface area contributed by atoms with Gasteiger partial charge in [0.1, 0.15) is 0 Å². The van der Waals surface area contributed by atoms with Crippen LogP contribution >= 0.6 is 12.4 Å². The van der Waals surface area contributed by atoms with E-state index in [4.69, 9.17) is 0 Å². The van der Waals surface area contributed by atoms with E-state index in [9.17, 15) is 9.59 Å². The van der Waals surface area contributed by atoms with Gasteiger partial charge in [-0.25, -0.2) is 0 Å². The number of nitrogens with zero attached hydrogens (tertiary/aromatic N) is 1. The highest BCUT2D eigenvalue weighted by Crippen LogP contribution is 2.20. The van der Waals surface area contributed by atoms with Gasteiger partial charge in [-0.1, -0.05) is 18.2 Å². The Morgan fingerprint density at radius 1 is 1.23 bits per heavy atom. The second-order valence-electron chi connectivity index (χ2n) is 5.00. The number of hydrogen-bond acceptors (Lipinski definition) is 4. The molecule has 2 amide bonds. The second kappa shape index (κ2) is 7.20. The molecule has 3 N–H and O–H groups in total. The molecule has 3 rings (SSSR count). The first-order valence-electron chi connectivity index (χ1n) is 6.86. The summed E-state index contributed by atoms with van der Waals surface area (Å²) in [7, 11) is 0. The Bertz CT molecular complexity index is 683. The maximum atomic E-state index is 11.9. The van der Waals surface area contributed by atoms with E-state index in [1.807, 2.05) is 24.3 Å². The zero-order valence-corrected chi connectivity index (χ0v) is 12.7. The summed E-state index contributed by atoms with van der Waals surface area (Å²) in [6, 6.07) is 9.37. The van der Waals surface area contributed by atoms with Gasteiger partial charge in [0.15, 0.2) is 0 Å². The Morgan fingerprint density at radius 2 is 2.00 bits per heavy atom. The number of rotatable bonds is 4. The van der Waals surface area contributed by atoms with E-state index in [1.165, 1.54) is 0 Å². The number of halogens is 1. The predicted molar refractivity (Wildman–Crippen MR) is 87.0 cm³/mol. The van der Waals surface area contributed by atoms with Crippen molar-refractivity contribution in [1.29, 1.82) is 0 Å². The molecule has 0 unspecified atom stereocenters. The Kier molecular flexibility index (Phi) is 5.30. The van der Waals surface area contributed by atoms with Gasteiger partial charge in [0.25, 0.3) is 0 Å². The van der Waals surface area contributed by atoms with E-state index in [-0.39, 0.29) is 36.7 Å². The van der Waals surface area contributed by atoms with Crippen LogP contribution in [0.25, 0.3) is 10.9 Å². The van der Waals surface area contributed by atoms with Crippen LogP contribution in [0.3, 0.4) is 0 Å². The first-order valence-corrected chi connectivity index (χ1v) is 6.86. The third-order valence-corrected chi connectivity index (χ3v) is 3.48. The maximum absolute atomic E-state index is 11.9. The van der Waals surface area contributed by atoms with Crippen molar-refractivity contribution in [2.75, 3.05) is 25.0 Å². The number of benzene rings is 1. The Labute approximate surface area is 134 Å². The maximum Gasteiger partial charge on any atom is 0.243 e. The fourth-order valence-electron chi connectivity index (χ4n) is 2.19. The summed E-state index contributed by atoms with van der Waals surface area (Å²) in [6.45, 7) is 1.33. The Balaban J connectivity index is 0.00000176. The fourth-order valence-corrected chi connectivity index (χ4v) is 2.19. The first-order chi connectivity index (χ1) is 10.2. The van der Waals surface area contributed by atoms with Crippen molar-refractivity contribution in [1.82, 2.24) is 15.6 Å². The van der Waals surface area contributed by atoms with E-state index in [0.29, 0.717) is 18.8 Å². The Hall–Kier alpha value is -2.18. The van der Waals surface area contributed by atoms with E-state index in [2.05, 4.69) is 20.9 Å². The SMILES string of the molecule is Cl.O=C(CNC(=O)C1CNC1)Nc1cccc2cccnc12. The normalized spacial score (nSPS) is 13.8. The van der Waals surface area contributed by atoms with Gasteiger partial charge in [-0.15, -0.1) is 12.4 Å². The van der Waals surface area contributed by atoms with Gasteiger partial charge in [0, 0.05) is 24.7 Å². The summed E-state index contributed by atoms with van der Waals surface area (Å²) in [5.41, 5.74) is 1.39. The largest absolute Gasteiger partial charge is 0.347 e. The number of carbonyl (C=O) groups is 2. The number of hydrogen-bond donors (Lipinski definition) is 3. The molecule has 116 valence electrons. The van der Waals surface area contributed by atoms with Gasteiger partial charge in [-0.2, -0.15) is 0 Å². The minimum Gasteiger partial charge on any atom is -0.347 e. The highest BCUT2D eigenvalue weighted by Gasteiger charge is 2.24. The Morgan fingerprint density at radius 3 is 2.73 bits per heavy atom. The lowest BCUT2D eigenvalue weighted by molar-refractivity contribution is -0.128. The summed E-state index contributed by atoms with van der Waals surface area (Å²) in [5, 5.41) is 9.40. The van der Waals surface area contributed by atoms with Gasteiger partial charge in [-0.3, -0.25) is 14.6 Å². The number of carbonyl (C=O) groups excluding carboxylic acids is 2. The number of amides is 2. The van der Waals surface area contributed by atoms with E-state index in [0.717, 1.165) is 10.9 Å². The van der Waals surface area contributed by atoms with Crippen molar-refractivity contribution in [3.05, 3.63) is 36.5 Å². The smallest absolute Gasteiger partial charge is 0.243 e. The molecule has 1 aromatic carbocycles. The van der Waals surface area contributed by atoms with Gasteiger partial charge >= 0.3 is 0 Å². The van der Waals surface area contributed by atoms with Gasteiger partial charge < -0.3 is 16.0 Å². The van der Waals surface area contributed by atoms with Crippen molar-refractivity contribution < 1.29 is 9.59 Å². The molecule has 6 nitrogen and oxygen atoms in total. The summed E-state index contributed by atoms with van der Waals surface area (Å²) in [5.74, 6) is -0.356. The van der Waals surface area contributed by atoms with Gasteiger partial charge in [0.05, 0.1) is 23.7 Å². The van der Waals surface area contributed by atoms with Crippen LogP contribution < -0.4 is 16.0 Å². The molecule has 1 aliphatic heterocycles. The number of para-hydroxylation sites is 1. The van der Waals surface area contributed by atoms with Gasteiger partial charge in [-0.05, 0) is 12.1 Å². The molecular formula is C15H17ClN4O2. The number of anilines is 1. The van der Waals surface area contributed by atoms with Crippen molar-refractivity contribution in [2.24, 2.45) is 5.92 Å². The zero-order chi connectivity index (χ0) is 14.7. The molecule has 0 spiro atoms. The standard InChI is InChI=1S/C15H16N4O2.ClH/c20-13(9-18-15(21)11-7-16-8-11)19-12-5-1-3-10-4-2-6-17-14(10)12;/h1-6,11,16H,7-9H2,(H,18,21)(H,19,20);1H. The lowest BCUT2D eigenvalue weighted by atomic mass is 10.0. The highest BCUT2D eigenvalue weighted by molar-refractivity contribution is 6.01. The molecule has 2 aromatic rings. The fraction of sp³-hybridized carbons (Fsp3) is 0.267. The minimum atomic E-state index is -0.256. The number of aromatic nitrogens is 1. The monoisotopic (exact) mass is 320 g/mol. The summed E-state index contributed by atoms with van der Waals surface area (Å²) in [4.78, 5) is 27.8. The molecule has 0 saturated carbocycles. The summed E-state index contributed by atoms with van der Waals surface area (Å²) in [6.07, 6.45) is 1.68. The van der Waals surface area contributed by atoms with Crippen LogP contribution in [0.15, 0.2) is 36.5 Å². The molecule has 1 saturated heterocycles. The molecule has 7 heteroatoms. The second-order valence-corrected chi connectivity index (χ2v) is 5.00. The summed E-state index contributed by atoms with van der Waals surface area (Å²) >= 11 is 0. The van der Waals surface area contributed by atoms with Crippen molar-refractivity contribution in [2.45, 2.75) is 0 Å². The average molecular weight is 321 g/mol. The van der Waals surface area contributed by atoms with E-state index >= 15 is 0 Å². The van der Waals surface area contributed by atoms with E-state index in [1.54, 1.807) is 12.3 Å². The molecule has 0 radical (unpaired) electrons. The van der Waals surface area contributed by atoms with Crippen molar-refractivity contribution in [3.63, 3.8) is 0 Å². The third kappa shape index (κ3) is 3.52. The summed E-state index contributed by atoms with van der Waals surface area (Å²) < 4.78 is 0. The molecule has 0 bridgehead atoms. The average Bonchev–Trinajstić information content (AvgIpc) is 2.44. The van der Waals surface area contributed by atoms with Crippen molar-refractivity contribution >= 4 is 40.8 Å². The van der Waals surface area contributed by atoms with E-state index < -0.39 is 0 Å². The molecule has 22 heavy (non-hydrogen) atoms. The minimum absolute atomic E-state index is 0. The molecule has 0 aliphatic carbocycles. The lowest BCUT2D eigenvalue weighted by Crippen LogP contribution is -2.51. The molecule has 1 aromatic heterocycles. The number of pyridine rings is 1. The molecule has 1 aliphatic rings. The molecule has 0 atom stereocenters. The quantitative estimate of drug-likeness (QED) is 0.782. The predicted octanol–water partition coefficient (Wildman–Crippen LogP) is 0.931. The van der Waals surface area contributed by atoms with Crippen LogP contribution in [0.2, 0.25) is 0 Å². The topological polar surface area (TPSA) is 83.1 Å². The van der Waals surface area contributed by atoms with Crippen LogP contribution in [-0.4, -0.2) is 36.4 Å². The zero-order valence-electron chi connectivity index (χ0n) is 11.8.